The van der Waals surface area contributed by atoms with E-state index in [1.165, 1.54) is 0 Å². The SMILES string of the molecule is Nc1nc2c(sc(=O)n2[C@H]2CC[C@@H](CO)C2)c(=O)[nH]1. The highest BCUT2D eigenvalue weighted by Gasteiger charge is 2.29. The summed E-state index contributed by atoms with van der Waals surface area (Å²) < 4.78 is 1.87. The number of anilines is 1. The number of thiazole rings is 1. The number of nitrogens with zero attached hydrogens (tertiary/aromatic N) is 2. The molecule has 102 valence electrons. The van der Waals surface area contributed by atoms with E-state index in [2.05, 4.69) is 9.97 Å². The predicted octanol–water partition coefficient (Wildman–Crippen LogP) is 0.0620. The third-order valence-electron chi connectivity index (χ3n) is 3.63. The van der Waals surface area contributed by atoms with Crippen LogP contribution in [0, 0.1) is 5.92 Å². The molecule has 1 saturated carbocycles. The van der Waals surface area contributed by atoms with E-state index in [1.54, 1.807) is 4.57 Å². The number of nitrogen functional groups attached to an aromatic ring is 1. The Morgan fingerprint density at radius 3 is 2.95 bits per heavy atom. The fourth-order valence-electron chi connectivity index (χ4n) is 2.72. The Hall–Kier alpha value is -1.67. The zero-order chi connectivity index (χ0) is 13.6. The van der Waals surface area contributed by atoms with Crippen molar-refractivity contribution in [2.45, 2.75) is 25.3 Å². The van der Waals surface area contributed by atoms with Crippen molar-refractivity contribution in [1.82, 2.24) is 14.5 Å². The topological polar surface area (TPSA) is 114 Å². The van der Waals surface area contributed by atoms with E-state index in [4.69, 9.17) is 5.73 Å². The standard InChI is InChI=1S/C11H14N4O3S/c12-10-13-8-7(9(17)14-10)19-11(18)15(8)6-2-1-5(3-6)4-16/h5-6,16H,1-4H2,(H3,12,13,14,17)/t5-,6+/m1/s1. The Morgan fingerprint density at radius 2 is 2.26 bits per heavy atom. The van der Waals surface area contributed by atoms with E-state index < -0.39 is 0 Å². The van der Waals surface area contributed by atoms with Crippen LogP contribution in [0.2, 0.25) is 0 Å². The summed E-state index contributed by atoms with van der Waals surface area (Å²) in [5.74, 6) is 0.229. The highest BCUT2D eigenvalue weighted by molar-refractivity contribution is 7.16. The molecule has 7 nitrogen and oxygen atoms in total. The van der Waals surface area contributed by atoms with Crippen molar-refractivity contribution in [3.05, 3.63) is 20.0 Å². The summed E-state index contributed by atoms with van der Waals surface area (Å²) in [5, 5.41) is 9.18. The maximum absolute atomic E-state index is 12.1. The minimum absolute atomic E-state index is 0.00731. The van der Waals surface area contributed by atoms with Crippen molar-refractivity contribution in [1.29, 1.82) is 0 Å². The first-order chi connectivity index (χ1) is 9.10. The number of rotatable bonds is 2. The Balaban J connectivity index is 2.16. The molecule has 1 aliphatic carbocycles. The summed E-state index contributed by atoms with van der Waals surface area (Å²) >= 11 is 0.893. The smallest absolute Gasteiger partial charge is 0.309 e. The number of aromatic nitrogens is 3. The third kappa shape index (κ3) is 1.96. The van der Waals surface area contributed by atoms with Crippen LogP contribution in [0.15, 0.2) is 9.59 Å². The predicted molar refractivity (Wildman–Crippen MR) is 72.4 cm³/mol. The van der Waals surface area contributed by atoms with Crippen LogP contribution in [0.1, 0.15) is 25.3 Å². The largest absolute Gasteiger partial charge is 0.396 e. The summed E-state index contributed by atoms with van der Waals surface area (Å²) in [6, 6.07) is -0.00731. The second-order valence-electron chi connectivity index (χ2n) is 4.86. The van der Waals surface area contributed by atoms with Crippen LogP contribution in [0.4, 0.5) is 5.95 Å². The molecule has 0 saturated heterocycles. The molecular weight excluding hydrogens is 268 g/mol. The van der Waals surface area contributed by atoms with Gasteiger partial charge in [0.05, 0.1) is 0 Å². The van der Waals surface area contributed by atoms with Gasteiger partial charge in [0, 0.05) is 12.6 Å². The van der Waals surface area contributed by atoms with Crippen LogP contribution in [-0.2, 0) is 0 Å². The maximum atomic E-state index is 12.1. The van der Waals surface area contributed by atoms with Crippen LogP contribution >= 0.6 is 11.3 Å². The van der Waals surface area contributed by atoms with Gasteiger partial charge in [-0.25, -0.2) is 0 Å². The first-order valence-corrected chi connectivity index (χ1v) is 6.93. The van der Waals surface area contributed by atoms with E-state index in [9.17, 15) is 14.7 Å². The number of aliphatic hydroxyl groups excluding tert-OH is 1. The summed E-state index contributed by atoms with van der Waals surface area (Å²) in [6.07, 6.45) is 2.42. The quantitative estimate of drug-likeness (QED) is 0.720. The van der Waals surface area contributed by atoms with E-state index in [1.807, 2.05) is 0 Å². The molecular formula is C11H14N4O3S. The van der Waals surface area contributed by atoms with Gasteiger partial charge >= 0.3 is 4.87 Å². The van der Waals surface area contributed by atoms with Crippen LogP contribution in [0.25, 0.3) is 10.3 Å². The fourth-order valence-corrected chi connectivity index (χ4v) is 3.60. The molecule has 0 aliphatic heterocycles. The lowest BCUT2D eigenvalue weighted by Crippen LogP contribution is -2.19. The molecule has 0 unspecified atom stereocenters. The zero-order valence-corrected chi connectivity index (χ0v) is 10.9. The second-order valence-corrected chi connectivity index (χ2v) is 5.82. The summed E-state index contributed by atoms with van der Waals surface area (Å²) in [6.45, 7) is 0.128. The molecule has 2 heterocycles. The molecule has 2 atom stereocenters. The Bertz CT molecular complexity index is 732. The number of nitrogens with two attached hydrogens (primary N) is 1. The number of hydrogen-bond acceptors (Lipinski definition) is 6. The first kappa shape index (κ1) is 12.4. The van der Waals surface area contributed by atoms with Crippen LogP contribution in [0.5, 0.6) is 0 Å². The number of nitrogens with one attached hydrogen (secondary N) is 1. The minimum Gasteiger partial charge on any atom is -0.396 e. The molecule has 1 aliphatic rings. The van der Waals surface area contributed by atoms with Gasteiger partial charge in [0.1, 0.15) is 4.70 Å². The first-order valence-electron chi connectivity index (χ1n) is 6.12. The van der Waals surface area contributed by atoms with Gasteiger partial charge in [-0.1, -0.05) is 11.3 Å². The fraction of sp³-hybridized carbons (Fsp3) is 0.545. The lowest BCUT2D eigenvalue weighted by molar-refractivity contribution is 0.226. The molecule has 3 rings (SSSR count). The van der Waals surface area contributed by atoms with Gasteiger partial charge in [-0.3, -0.25) is 19.1 Å². The van der Waals surface area contributed by atoms with Gasteiger partial charge in [0.2, 0.25) is 5.95 Å². The molecule has 2 aromatic rings. The minimum atomic E-state index is -0.375. The molecule has 19 heavy (non-hydrogen) atoms. The van der Waals surface area contributed by atoms with Gasteiger partial charge in [-0.2, -0.15) is 4.98 Å². The Labute approximate surface area is 111 Å². The van der Waals surface area contributed by atoms with E-state index >= 15 is 0 Å². The molecule has 1 fully saturated rings. The monoisotopic (exact) mass is 282 g/mol. The average Bonchev–Trinajstić information content (AvgIpc) is 2.93. The molecule has 0 amide bonds. The van der Waals surface area contributed by atoms with Crippen molar-refractivity contribution in [2.75, 3.05) is 12.3 Å². The molecule has 4 N–H and O–H groups in total. The molecule has 0 bridgehead atoms. The lowest BCUT2D eigenvalue weighted by atomic mass is 10.1. The number of aromatic amines is 1. The van der Waals surface area contributed by atoms with Gasteiger partial charge in [-0.15, -0.1) is 0 Å². The highest BCUT2D eigenvalue weighted by atomic mass is 32.1. The van der Waals surface area contributed by atoms with Crippen molar-refractivity contribution < 1.29 is 5.11 Å². The van der Waals surface area contributed by atoms with Crippen LogP contribution in [0.3, 0.4) is 0 Å². The Kier molecular flexibility index (Phi) is 2.90. The van der Waals surface area contributed by atoms with Crippen molar-refractivity contribution in [3.63, 3.8) is 0 Å². The van der Waals surface area contributed by atoms with E-state index in [-0.39, 0.29) is 34.9 Å². The number of fused-ring (bicyclic) bond motifs is 1. The normalized spacial score (nSPS) is 23.2. The molecule has 0 aromatic carbocycles. The summed E-state index contributed by atoms with van der Waals surface area (Å²) in [5.41, 5.74) is 5.52. The van der Waals surface area contributed by atoms with Crippen LogP contribution < -0.4 is 16.2 Å². The van der Waals surface area contributed by atoms with Gasteiger partial charge in [-0.05, 0) is 25.2 Å². The van der Waals surface area contributed by atoms with Gasteiger partial charge < -0.3 is 10.8 Å². The molecule has 2 aromatic heterocycles. The van der Waals surface area contributed by atoms with Crippen molar-refractivity contribution in [3.8, 4) is 0 Å². The second kappa shape index (κ2) is 4.46. The lowest BCUT2D eigenvalue weighted by Gasteiger charge is -2.11. The highest BCUT2D eigenvalue weighted by Crippen LogP contribution is 2.35. The van der Waals surface area contributed by atoms with Crippen LogP contribution in [-0.4, -0.2) is 26.2 Å². The van der Waals surface area contributed by atoms with Gasteiger partial charge in [0.25, 0.3) is 5.56 Å². The molecule has 0 spiro atoms. The summed E-state index contributed by atoms with van der Waals surface area (Å²) in [7, 11) is 0. The zero-order valence-electron chi connectivity index (χ0n) is 10.1. The summed E-state index contributed by atoms with van der Waals surface area (Å²) in [4.78, 5) is 30.1. The average molecular weight is 282 g/mol. The van der Waals surface area contributed by atoms with Crippen molar-refractivity contribution >= 4 is 27.6 Å². The Morgan fingerprint density at radius 1 is 1.47 bits per heavy atom. The van der Waals surface area contributed by atoms with Gasteiger partial charge in [0.15, 0.2) is 5.65 Å². The number of aliphatic hydroxyl groups is 1. The number of hydrogen-bond donors (Lipinski definition) is 3. The maximum Gasteiger partial charge on any atom is 0.309 e. The molecule has 8 heteroatoms. The van der Waals surface area contributed by atoms with E-state index in [0.717, 1.165) is 30.6 Å². The third-order valence-corrected chi connectivity index (χ3v) is 4.57. The number of H-pyrrole nitrogens is 1. The van der Waals surface area contributed by atoms with Crippen molar-refractivity contribution in [2.24, 2.45) is 5.92 Å². The van der Waals surface area contributed by atoms with E-state index in [0.29, 0.717) is 10.3 Å². The molecule has 0 radical (unpaired) electrons.